The Morgan fingerprint density at radius 1 is 1.50 bits per heavy atom. The van der Waals surface area contributed by atoms with E-state index >= 15 is 0 Å². The summed E-state index contributed by atoms with van der Waals surface area (Å²) in [5.41, 5.74) is 0.567. The van der Waals surface area contributed by atoms with E-state index in [4.69, 9.17) is 0 Å². The maximum Gasteiger partial charge on any atom is 0.256 e. The average Bonchev–Trinajstić information content (AvgIpc) is 2.97. The molecule has 1 fully saturated rings. The lowest BCUT2D eigenvalue weighted by Gasteiger charge is -2.21. The van der Waals surface area contributed by atoms with Gasteiger partial charge in [-0.25, -0.2) is 0 Å². The van der Waals surface area contributed by atoms with Crippen LogP contribution in [0.1, 0.15) is 52.1 Å². The minimum Gasteiger partial charge on any atom is -0.380 e. The second kappa shape index (κ2) is 5.95. The van der Waals surface area contributed by atoms with Crippen LogP contribution in [0.25, 0.3) is 0 Å². The number of carbonyl (C=O) groups is 1. The van der Waals surface area contributed by atoms with Gasteiger partial charge >= 0.3 is 0 Å². The van der Waals surface area contributed by atoms with Crippen LogP contribution in [0, 0.1) is 5.92 Å². The average molecular weight is 279 g/mol. The number of hydrogen-bond donors (Lipinski definition) is 2. The lowest BCUT2D eigenvalue weighted by molar-refractivity contribution is -0.133. The molecule has 0 atom stereocenters. The fourth-order valence-electron chi connectivity index (χ4n) is 2.82. The van der Waals surface area contributed by atoms with E-state index in [1.165, 1.54) is 0 Å². The van der Waals surface area contributed by atoms with Gasteiger partial charge in [-0.3, -0.25) is 9.48 Å². The topological polar surface area (TPSA) is 67.2 Å². The van der Waals surface area contributed by atoms with Crippen LogP contribution < -0.4 is 5.32 Å². The smallest absolute Gasteiger partial charge is 0.256 e. The van der Waals surface area contributed by atoms with Crippen molar-refractivity contribution in [1.29, 1.82) is 0 Å². The highest BCUT2D eigenvalue weighted by Gasteiger charge is 2.39. The molecule has 112 valence electrons. The maximum absolute atomic E-state index is 12.2. The monoisotopic (exact) mass is 279 g/mol. The van der Waals surface area contributed by atoms with Crippen molar-refractivity contribution in [3.05, 3.63) is 11.9 Å². The van der Waals surface area contributed by atoms with Gasteiger partial charge in [0.1, 0.15) is 5.60 Å². The molecule has 2 N–H and O–H groups in total. The Labute approximate surface area is 120 Å². The highest BCUT2D eigenvalue weighted by molar-refractivity contribution is 5.97. The molecule has 0 radical (unpaired) electrons. The van der Waals surface area contributed by atoms with Crippen LogP contribution in [0.3, 0.4) is 0 Å². The zero-order valence-electron chi connectivity index (χ0n) is 12.6. The number of rotatable bonds is 5. The molecule has 1 saturated carbocycles. The first kappa shape index (κ1) is 15.0. The summed E-state index contributed by atoms with van der Waals surface area (Å²) in [5.74, 6) is 0.219. The first-order valence-electron chi connectivity index (χ1n) is 7.55. The molecule has 1 aliphatic carbocycles. The molecule has 1 amide bonds. The Hall–Kier alpha value is -1.36. The molecule has 0 spiro atoms. The zero-order valence-corrected chi connectivity index (χ0v) is 12.6. The Morgan fingerprint density at radius 2 is 2.15 bits per heavy atom. The van der Waals surface area contributed by atoms with E-state index < -0.39 is 5.60 Å². The van der Waals surface area contributed by atoms with Crippen molar-refractivity contribution < 1.29 is 9.90 Å². The Kier molecular flexibility index (Phi) is 4.48. The minimum atomic E-state index is -1.19. The van der Waals surface area contributed by atoms with Crippen LogP contribution in [0.15, 0.2) is 6.20 Å². The normalized spacial score (nSPS) is 17.6. The first-order valence-corrected chi connectivity index (χ1v) is 7.55. The second-order valence-corrected chi connectivity index (χ2v) is 6.13. The maximum atomic E-state index is 12.2. The SMILES string of the molecule is CCc1c(NC(=O)C2(O)CCCC2)cnn1CC(C)C. The van der Waals surface area contributed by atoms with Gasteiger partial charge in [-0.05, 0) is 38.0 Å². The molecule has 1 aromatic rings. The predicted octanol–water partition coefficient (Wildman–Crippen LogP) is 2.35. The fraction of sp³-hybridized carbons (Fsp3) is 0.733. The molecular weight excluding hydrogens is 254 g/mol. The number of nitrogens with one attached hydrogen (secondary N) is 1. The minimum absolute atomic E-state index is 0.284. The molecule has 0 aliphatic heterocycles. The summed E-state index contributed by atoms with van der Waals surface area (Å²) in [5, 5.41) is 17.5. The molecule has 0 bridgehead atoms. The Morgan fingerprint density at radius 3 is 2.70 bits per heavy atom. The van der Waals surface area contributed by atoms with Crippen molar-refractivity contribution >= 4 is 11.6 Å². The van der Waals surface area contributed by atoms with Gasteiger partial charge in [-0.2, -0.15) is 5.10 Å². The second-order valence-electron chi connectivity index (χ2n) is 6.13. The van der Waals surface area contributed by atoms with E-state index in [1.54, 1.807) is 6.20 Å². The molecule has 2 rings (SSSR count). The molecule has 0 unspecified atom stereocenters. The Balaban J connectivity index is 2.13. The van der Waals surface area contributed by atoms with E-state index in [1.807, 2.05) is 11.6 Å². The van der Waals surface area contributed by atoms with Crippen LogP contribution in [-0.2, 0) is 17.8 Å². The van der Waals surface area contributed by atoms with Gasteiger partial charge in [-0.15, -0.1) is 0 Å². The standard InChI is InChI=1S/C15H25N3O2/c1-4-13-12(9-16-18(13)10-11(2)3)17-14(19)15(20)7-5-6-8-15/h9,11,20H,4-8,10H2,1-3H3,(H,17,19). The molecule has 5 nitrogen and oxygen atoms in total. The van der Waals surface area contributed by atoms with Gasteiger partial charge in [-0.1, -0.05) is 20.8 Å². The van der Waals surface area contributed by atoms with E-state index in [0.29, 0.717) is 18.8 Å². The van der Waals surface area contributed by atoms with Crippen LogP contribution in [0.5, 0.6) is 0 Å². The quantitative estimate of drug-likeness (QED) is 0.869. The fourth-order valence-corrected chi connectivity index (χ4v) is 2.82. The number of carbonyl (C=O) groups excluding carboxylic acids is 1. The molecule has 1 aliphatic rings. The third-order valence-electron chi connectivity index (χ3n) is 3.92. The largest absolute Gasteiger partial charge is 0.380 e. The summed E-state index contributed by atoms with van der Waals surface area (Å²) in [6, 6.07) is 0. The van der Waals surface area contributed by atoms with Crippen molar-refractivity contribution in [2.24, 2.45) is 5.92 Å². The summed E-state index contributed by atoms with van der Waals surface area (Å²) in [7, 11) is 0. The lowest BCUT2D eigenvalue weighted by Crippen LogP contribution is -2.40. The molecular formula is C15H25N3O2. The highest BCUT2D eigenvalue weighted by Crippen LogP contribution is 2.31. The van der Waals surface area contributed by atoms with Gasteiger partial charge in [0.05, 0.1) is 17.6 Å². The molecule has 20 heavy (non-hydrogen) atoms. The van der Waals surface area contributed by atoms with Gasteiger partial charge in [0.25, 0.3) is 5.91 Å². The number of amides is 1. The third-order valence-corrected chi connectivity index (χ3v) is 3.92. The van der Waals surface area contributed by atoms with Crippen molar-refractivity contribution in [2.75, 3.05) is 5.32 Å². The molecule has 1 heterocycles. The molecule has 1 aromatic heterocycles. The van der Waals surface area contributed by atoms with Crippen molar-refractivity contribution in [2.45, 2.75) is 65.0 Å². The van der Waals surface area contributed by atoms with Gasteiger partial charge in [0, 0.05) is 6.54 Å². The van der Waals surface area contributed by atoms with Gasteiger partial charge in [0.15, 0.2) is 0 Å². The zero-order chi connectivity index (χ0) is 14.8. The van der Waals surface area contributed by atoms with Crippen LogP contribution in [-0.4, -0.2) is 26.4 Å². The highest BCUT2D eigenvalue weighted by atomic mass is 16.3. The van der Waals surface area contributed by atoms with Crippen molar-refractivity contribution in [1.82, 2.24) is 9.78 Å². The Bertz CT molecular complexity index is 473. The summed E-state index contributed by atoms with van der Waals surface area (Å²) in [4.78, 5) is 12.2. The lowest BCUT2D eigenvalue weighted by atomic mass is 10.0. The summed E-state index contributed by atoms with van der Waals surface area (Å²) in [6.07, 6.45) is 5.44. The third kappa shape index (κ3) is 3.03. The van der Waals surface area contributed by atoms with E-state index in [2.05, 4.69) is 24.3 Å². The number of hydrogen-bond acceptors (Lipinski definition) is 3. The van der Waals surface area contributed by atoms with Crippen LogP contribution in [0.2, 0.25) is 0 Å². The summed E-state index contributed by atoms with van der Waals surface area (Å²) >= 11 is 0. The molecule has 0 aromatic carbocycles. The van der Waals surface area contributed by atoms with Crippen molar-refractivity contribution in [3.63, 3.8) is 0 Å². The summed E-state index contributed by atoms with van der Waals surface area (Å²) < 4.78 is 1.94. The van der Waals surface area contributed by atoms with Gasteiger partial charge < -0.3 is 10.4 Å². The van der Waals surface area contributed by atoms with Gasteiger partial charge in [0.2, 0.25) is 0 Å². The molecule has 0 saturated heterocycles. The predicted molar refractivity (Wildman–Crippen MR) is 78.5 cm³/mol. The van der Waals surface area contributed by atoms with Crippen LogP contribution in [0.4, 0.5) is 5.69 Å². The van der Waals surface area contributed by atoms with Crippen LogP contribution >= 0.6 is 0 Å². The number of nitrogens with zero attached hydrogens (tertiary/aromatic N) is 2. The number of aliphatic hydroxyl groups is 1. The first-order chi connectivity index (χ1) is 9.46. The number of aromatic nitrogens is 2. The molecule has 5 heteroatoms. The summed E-state index contributed by atoms with van der Waals surface area (Å²) in [6.45, 7) is 7.17. The van der Waals surface area contributed by atoms with E-state index in [0.717, 1.165) is 37.2 Å². The number of anilines is 1. The van der Waals surface area contributed by atoms with E-state index in [9.17, 15) is 9.90 Å². The van der Waals surface area contributed by atoms with E-state index in [-0.39, 0.29) is 5.91 Å². The van der Waals surface area contributed by atoms with Crippen molar-refractivity contribution in [3.8, 4) is 0 Å².